The maximum absolute atomic E-state index is 11.5. The predicted octanol–water partition coefficient (Wildman–Crippen LogP) is 2.44. The maximum atomic E-state index is 11.5. The molecule has 0 saturated carbocycles. The molecule has 0 aliphatic carbocycles. The van der Waals surface area contributed by atoms with Crippen LogP contribution in [0.15, 0.2) is 41.3 Å². The van der Waals surface area contributed by atoms with Gasteiger partial charge in [0.15, 0.2) is 0 Å². The molecule has 0 radical (unpaired) electrons. The lowest BCUT2D eigenvalue weighted by molar-refractivity contribution is 0.597. The van der Waals surface area contributed by atoms with Crippen molar-refractivity contribution >= 4 is 38.3 Å². The number of primary sulfonamides is 1. The molecule has 2 heterocycles. The number of halogens is 1. The van der Waals surface area contributed by atoms with Gasteiger partial charge < -0.3 is 9.47 Å². The molecule has 2 N–H and O–H groups in total. The largest absolute Gasteiger partial charge is 0.363 e. The standard InChI is InChI=1S/C17H17ClN4O2S/c1-21-16-4-2-12(18)9-14(16)20-17(21)10-22-7-6-11-8-13(25(19,23)24)3-5-15(11)22/h2-5,8-9H,6-7,10H2,1H3,(H2,19,23,24). The van der Waals surface area contributed by atoms with Gasteiger partial charge in [-0.1, -0.05) is 11.6 Å². The van der Waals surface area contributed by atoms with Crippen LogP contribution in [0.4, 0.5) is 5.69 Å². The number of hydrogen-bond acceptors (Lipinski definition) is 4. The lowest BCUT2D eigenvalue weighted by atomic mass is 10.2. The number of nitrogens with two attached hydrogens (primary N) is 1. The highest BCUT2D eigenvalue weighted by atomic mass is 35.5. The molecule has 25 heavy (non-hydrogen) atoms. The quantitative estimate of drug-likeness (QED) is 0.761. The normalized spacial score (nSPS) is 14.3. The molecule has 0 unspecified atom stereocenters. The van der Waals surface area contributed by atoms with Crippen LogP contribution in [0.25, 0.3) is 11.0 Å². The average molecular weight is 377 g/mol. The fraction of sp³-hybridized carbons (Fsp3) is 0.235. The van der Waals surface area contributed by atoms with Crippen molar-refractivity contribution in [2.45, 2.75) is 17.9 Å². The Bertz CT molecular complexity index is 1090. The summed E-state index contributed by atoms with van der Waals surface area (Å²) in [5, 5.41) is 5.88. The Labute approximate surface area is 150 Å². The van der Waals surface area contributed by atoms with E-state index in [1.54, 1.807) is 12.1 Å². The van der Waals surface area contributed by atoms with Crippen molar-refractivity contribution in [3.8, 4) is 0 Å². The summed E-state index contributed by atoms with van der Waals surface area (Å²) in [4.78, 5) is 7.04. The average Bonchev–Trinajstić information content (AvgIpc) is 3.08. The summed E-state index contributed by atoms with van der Waals surface area (Å²) in [5.41, 5.74) is 3.92. The number of aromatic nitrogens is 2. The predicted molar refractivity (Wildman–Crippen MR) is 98.3 cm³/mol. The Morgan fingerprint density at radius 3 is 2.80 bits per heavy atom. The van der Waals surface area contributed by atoms with Crippen molar-refractivity contribution in [3.63, 3.8) is 0 Å². The molecule has 0 spiro atoms. The second-order valence-corrected chi connectivity index (χ2v) is 8.23. The number of sulfonamides is 1. The minimum Gasteiger partial charge on any atom is -0.363 e. The van der Waals surface area contributed by atoms with Crippen LogP contribution in [0.5, 0.6) is 0 Å². The van der Waals surface area contributed by atoms with E-state index in [1.165, 1.54) is 0 Å². The van der Waals surface area contributed by atoms with Crippen LogP contribution in [0.3, 0.4) is 0 Å². The van der Waals surface area contributed by atoms with E-state index in [1.807, 2.05) is 31.3 Å². The summed E-state index contributed by atoms with van der Waals surface area (Å²) in [6, 6.07) is 10.7. The molecule has 8 heteroatoms. The van der Waals surface area contributed by atoms with Crippen molar-refractivity contribution < 1.29 is 8.42 Å². The highest BCUT2D eigenvalue weighted by Gasteiger charge is 2.23. The van der Waals surface area contributed by atoms with Crippen molar-refractivity contribution in [2.75, 3.05) is 11.4 Å². The fourth-order valence-electron chi connectivity index (χ4n) is 3.32. The van der Waals surface area contributed by atoms with E-state index >= 15 is 0 Å². The van der Waals surface area contributed by atoms with Crippen molar-refractivity contribution in [3.05, 3.63) is 52.8 Å². The Hall–Kier alpha value is -2.09. The van der Waals surface area contributed by atoms with Gasteiger partial charge in [-0.05, 0) is 48.4 Å². The van der Waals surface area contributed by atoms with Crippen LogP contribution >= 0.6 is 11.6 Å². The first-order chi connectivity index (χ1) is 11.8. The smallest absolute Gasteiger partial charge is 0.238 e. The molecule has 2 aromatic carbocycles. The summed E-state index contributed by atoms with van der Waals surface area (Å²) in [7, 11) is -1.69. The molecule has 1 aromatic heterocycles. The van der Waals surface area contributed by atoms with Gasteiger partial charge in [0.2, 0.25) is 10.0 Å². The van der Waals surface area contributed by atoms with Crippen LogP contribution in [0, 0.1) is 0 Å². The Kier molecular flexibility index (Phi) is 3.75. The molecule has 0 saturated heterocycles. The minimum absolute atomic E-state index is 0.158. The van der Waals surface area contributed by atoms with Gasteiger partial charge in [0.25, 0.3) is 0 Å². The van der Waals surface area contributed by atoms with Gasteiger partial charge in [0, 0.05) is 24.3 Å². The minimum atomic E-state index is -3.68. The summed E-state index contributed by atoms with van der Waals surface area (Å²) >= 11 is 6.05. The molecule has 3 aromatic rings. The highest BCUT2D eigenvalue weighted by molar-refractivity contribution is 7.89. The number of anilines is 1. The van der Waals surface area contributed by atoms with Crippen molar-refractivity contribution in [1.29, 1.82) is 0 Å². The monoisotopic (exact) mass is 376 g/mol. The Morgan fingerprint density at radius 1 is 1.24 bits per heavy atom. The first-order valence-corrected chi connectivity index (χ1v) is 9.77. The third kappa shape index (κ3) is 2.88. The molecular formula is C17H17ClN4O2S. The second kappa shape index (κ2) is 5.72. The third-order valence-corrected chi connectivity index (χ3v) is 5.79. The van der Waals surface area contributed by atoms with E-state index in [0.717, 1.165) is 41.1 Å². The van der Waals surface area contributed by atoms with Gasteiger partial charge in [-0.25, -0.2) is 18.5 Å². The van der Waals surface area contributed by atoms with Crippen LogP contribution in [0.1, 0.15) is 11.4 Å². The summed E-state index contributed by atoms with van der Waals surface area (Å²) in [6.45, 7) is 1.46. The SMILES string of the molecule is Cn1c(CN2CCc3cc(S(N)(=O)=O)ccc32)nc2cc(Cl)ccc21. The number of aryl methyl sites for hydroxylation is 1. The molecule has 6 nitrogen and oxygen atoms in total. The molecule has 0 amide bonds. The van der Waals surface area contributed by atoms with E-state index in [0.29, 0.717) is 11.6 Å². The van der Waals surface area contributed by atoms with E-state index in [4.69, 9.17) is 16.7 Å². The Morgan fingerprint density at radius 2 is 2.04 bits per heavy atom. The molecule has 1 aliphatic rings. The zero-order valence-electron chi connectivity index (χ0n) is 13.6. The lowest BCUT2D eigenvalue weighted by Crippen LogP contribution is -2.21. The summed E-state index contributed by atoms with van der Waals surface area (Å²) in [5.74, 6) is 0.931. The number of rotatable bonds is 3. The van der Waals surface area contributed by atoms with Gasteiger partial charge in [0.05, 0.1) is 22.5 Å². The number of fused-ring (bicyclic) bond motifs is 2. The molecule has 0 bridgehead atoms. The highest BCUT2D eigenvalue weighted by Crippen LogP contribution is 2.31. The zero-order valence-corrected chi connectivity index (χ0v) is 15.2. The second-order valence-electron chi connectivity index (χ2n) is 6.23. The van der Waals surface area contributed by atoms with Crippen LogP contribution in [-0.2, 0) is 30.0 Å². The lowest BCUT2D eigenvalue weighted by Gasteiger charge is -2.19. The molecular weight excluding hydrogens is 360 g/mol. The summed E-state index contributed by atoms with van der Waals surface area (Å²) < 4.78 is 25.1. The Balaban J connectivity index is 1.67. The number of benzene rings is 2. The number of imidazole rings is 1. The van der Waals surface area contributed by atoms with Crippen LogP contribution in [0.2, 0.25) is 5.02 Å². The molecule has 0 atom stereocenters. The zero-order chi connectivity index (χ0) is 17.8. The van der Waals surface area contributed by atoms with Gasteiger partial charge in [0.1, 0.15) is 5.82 Å². The molecule has 1 aliphatic heterocycles. The van der Waals surface area contributed by atoms with E-state index < -0.39 is 10.0 Å². The van der Waals surface area contributed by atoms with E-state index in [2.05, 4.69) is 14.5 Å². The van der Waals surface area contributed by atoms with Gasteiger partial charge in [-0.15, -0.1) is 0 Å². The van der Waals surface area contributed by atoms with Gasteiger partial charge in [-0.3, -0.25) is 0 Å². The topological polar surface area (TPSA) is 81.2 Å². The van der Waals surface area contributed by atoms with Gasteiger partial charge in [-0.2, -0.15) is 0 Å². The molecule has 4 rings (SSSR count). The number of nitrogens with zero attached hydrogens (tertiary/aromatic N) is 3. The number of hydrogen-bond donors (Lipinski definition) is 1. The maximum Gasteiger partial charge on any atom is 0.238 e. The first kappa shape index (κ1) is 16.4. The van der Waals surface area contributed by atoms with Gasteiger partial charge >= 0.3 is 0 Å². The third-order valence-electron chi connectivity index (χ3n) is 4.64. The van der Waals surface area contributed by atoms with E-state index in [-0.39, 0.29) is 4.90 Å². The molecule has 0 fully saturated rings. The molecule has 130 valence electrons. The van der Waals surface area contributed by atoms with Crippen LogP contribution in [-0.4, -0.2) is 24.5 Å². The van der Waals surface area contributed by atoms with E-state index in [9.17, 15) is 8.42 Å². The van der Waals surface area contributed by atoms with Crippen LogP contribution < -0.4 is 10.0 Å². The summed E-state index contributed by atoms with van der Waals surface area (Å²) in [6.07, 6.45) is 0.786. The first-order valence-electron chi connectivity index (χ1n) is 7.84. The van der Waals surface area contributed by atoms with Crippen molar-refractivity contribution in [1.82, 2.24) is 9.55 Å². The fourth-order valence-corrected chi connectivity index (χ4v) is 4.05. The van der Waals surface area contributed by atoms with Crippen molar-refractivity contribution in [2.24, 2.45) is 12.2 Å².